The van der Waals surface area contributed by atoms with E-state index in [0.29, 0.717) is 0 Å². The molecule has 1 heterocycles. The maximum atomic E-state index is 13.0. The minimum Gasteiger partial charge on any atom is -0.484 e. The molecule has 3 atom stereocenters. The van der Waals surface area contributed by atoms with Crippen LogP contribution in [0, 0.1) is 11.6 Å². The second kappa shape index (κ2) is 6.99. The molecular weight excluding hydrogens is 300 g/mol. The fourth-order valence-electron chi connectivity index (χ4n) is 2.11. The van der Waals surface area contributed by atoms with Crippen molar-refractivity contribution in [3.05, 3.63) is 29.8 Å². The van der Waals surface area contributed by atoms with Crippen molar-refractivity contribution in [3.8, 4) is 5.75 Å². The second-order valence-corrected chi connectivity index (χ2v) is 5.05. The Labute approximate surface area is 125 Å². The fourth-order valence-corrected chi connectivity index (χ4v) is 2.11. The van der Waals surface area contributed by atoms with Gasteiger partial charge in [0.05, 0.1) is 12.7 Å². The molecule has 1 aromatic rings. The highest BCUT2D eigenvalue weighted by Gasteiger charge is 2.34. The van der Waals surface area contributed by atoms with Gasteiger partial charge in [0.1, 0.15) is 11.9 Å². The molecule has 0 spiro atoms. The van der Waals surface area contributed by atoms with Gasteiger partial charge in [0.2, 0.25) is 0 Å². The molecule has 6 nitrogen and oxygen atoms in total. The van der Waals surface area contributed by atoms with Crippen LogP contribution in [0.3, 0.4) is 0 Å². The largest absolute Gasteiger partial charge is 0.484 e. The predicted octanol–water partition coefficient (Wildman–Crippen LogP) is 0.270. The number of rotatable bonds is 4. The summed E-state index contributed by atoms with van der Waals surface area (Å²) in [6.07, 6.45) is -2.56. The number of aliphatic hydroxyl groups is 2. The molecule has 2 N–H and O–H groups in total. The molecule has 22 heavy (non-hydrogen) atoms. The Kier molecular flexibility index (Phi) is 5.28. The average Bonchev–Trinajstić information content (AvgIpc) is 2.47. The zero-order chi connectivity index (χ0) is 16.3. The predicted molar refractivity (Wildman–Crippen MR) is 71.0 cm³/mol. The van der Waals surface area contributed by atoms with Gasteiger partial charge in [-0.1, -0.05) is 0 Å². The number of likely N-dealkylation sites (N-methyl/N-ethyl adjacent to an activating group) is 1. The van der Waals surface area contributed by atoms with Crippen LogP contribution >= 0.6 is 0 Å². The zero-order valence-electron chi connectivity index (χ0n) is 11.9. The van der Waals surface area contributed by atoms with Crippen LogP contribution in [-0.4, -0.2) is 59.7 Å². The maximum Gasteiger partial charge on any atom is 0.262 e. The summed E-state index contributed by atoms with van der Waals surface area (Å²) in [5, 5.41) is 19.1. The molecule has 0 bridgehead atoms. The average molecular weight is 317 g/mol. The molecule has 8 heteroatoms. The van der Waals surface area contributed by atoms with E-state index < -0.39 is 42.6 Å². The Morgan fingerprint density at radius 1 is 1.41 bits per heavy atom. The molecule has 2 rings (SSSR count). The third-order valence-electron chi connectivity index (χ3n) is 3.33. The molecule has 1 saturated heterocycles. The van der Waals surface area contributed by atoms with Gasteiger partial charge in [-0.15, -0.1) is 0 Å². The van der Waals surface area contributed by atoms with Gasteiger partial charge in [-0.25, -0.2) is 8.78 Å². The lowest BCUT2D eigenvalue weighted by atomic mass is 10.1. The summed E-state index contributed by atoms with van der Waals surface area (Å²) in [5.41, 5.74) is 0. The Balaban J connectivity index is 1.89. The minimum atomic E-state index is -1.07. The first-order chi connectivity index (χ1) is 10.4. The smallest absolute Gasteiger partial charge is 0.262 e. The summed E-state index contributed by atoms with van der Waals surface area (Å²) in [5.74, 6) is -2.57. The van der Waals surface area contributed by atoms with E-state index in [1.54, 1.807) is 0 Å². The van der Waals surface area contributed by atoms with Crippen molar-refractivity contribution in [3.63, 3.8) is 0 Å². The van der Waals surface area contributed by atoms with Gasteiger partial charge < -0.3 is 24.6 Å². The van der Waals surface area contributed by atoms with Crippen LogP contribution in [0.25, 0.3) is 0 Å². The first-order valence-electron chi connectivity index (χ1n) is 6.69. The Hall–Kier alpha value is -1.77. The van der Waals surface area contributed by atoms with E-state index in [4.69, 9.17) is 9.47 Å². The summed E-state index contributed by atoms with van der Waals surface area (Å²) >= 11 is 0. The van der Waals surface area contributed by atoms with Crippen molar-refractivity contribution in [2.75, 3.05) is 20.3 Å². The number of halogens is 2. The fraction of sp³-hybridized carbons (Fsp3) is 0.500. The van der Waals surface area contributed by atoms with E-state index in [9.17, 15) is 23.8 Å². The molecule has 1 fully saturated rings. The molecule has 1 aromatic carbocycles. The van der Waals surface area contributed by atoms with Crippen molar-refractivity contribution >= 4 is 5.91 Å². The normalized spacial score (nSPS) is 24.9. The number of hydrogen-bond acceptors (Lipinski definition) is 5. The lowest BCUT2D eigenvalue weighted by Crippen LogP contribution is -2.52. The highest BCUT2D eigenvalue weighted by atomic mass is 19.2. The third kappa shape index (κ3) is 3.90. The van der Waals surface area contributed by atoms with Gasteiger partial charge in [0, 0.05) is 19.5 Å². The van der Waals surface area contributed by atoms with E-state index in [1.807, 2.05) is 0 Å². The van der Waals surface area contributed by atoms with Gasteiger partial charge in [-0.3, -0.25) is 4.79 Å². The molecule has 1 aliphatic heterocycles. The van der Waals surface area contributed by atoms with Crippen molar-refractivity contribution in [1.29, 1.82) is 0 Å². The zero-order valence-corrected chi connectivity index (χ0v) is 11.9. The maximum absolute atomic E-state index is 13.0. The van der Waals surface area contributed by atoms with Gasteiger partial charge in [-0.2, -0.15) is 0 Å². The van der Waals surface area contributed by atoms with Gasteiger partial charge in [0.15, 0.2) is 24.5 Å². The topological polar surface area (TPSA) is 79.2 Å². The number of benzene rings is 1. The van der Waals surface area contributed by atoms with Crippen molar-refractivity contribution in [2.24, 2.45) is 0 Å². The van der Waals surface area contributed by atoms with E-state index in [2.05, 4.69) is 0 Å². The van der Waals surface area contributed by atoms with E-state index in [0.717, 1.165) is 17.0 Å². The quantitative estimate of drug-likeness (QED) is 0.833. The highest BCUT2D eigenvalue weighted by molar-refractivity contribution is 5.77. The Morgan fingerprint density at radius 3 is 2.77 bits per heavy atom. The van der Waals surface area contributed by atoms with Gasteiger partial charge in [0.25, 0.3) is 5.91 Å². The van der Waals surface area contributed by atoms with Crippen LogP contribution in [0.1, 0.15) is 6.42 Å². The molecule has 1 aliphatic rings. The van der Waals surface area contributed by atoms with Gasteiger partial charge >= 0.3 is 0 Å². The minimum absolute atomic E-state index is 0.0150. The molecule has 122 valence electrons. The number of hydrogen-bond donors (Lipinski definition) is 2. The molecular formula is C14H17F2NO5. The van der Waals surface area contributed by atoms with Crippen LogP contribution in [0.4, 0.5) is 8.78 Å². The highest BCUT2D eigenvalue weighted by Crippen LogP contribution is 2.18. The number of carbonyl (C=O) groups is 1. The molecule has 0 saturated carbocycles. The number of carbonyl (C=O) groups excluding carboxylic acids is 1. The van der Waals surface area contributed by atoms with Crippen molar-refractivity contribution < 1.29 is 33.3 Å². The first kappa shape index (κ1) is 16.6. The summed E-state index contributed by atoms with van der Waals surface area (Å²) < 4.78 is 36.1. The molecule has 0 aromatic heterocycles. The van der Waals surface area contributed by atoms with Gasteiger partial charge in [-0.05, 0) is 12.1 Å². The van der Waals surface area contributed by atoms with E-state index in [-0.39, 0.29) is 18.8 Å². The monoisotopic (exact) mass is 317 g/mol. The van der Waals surface area contributed by atoms with Crippen LogP contribution in [0.15, 0.2) is 18.2 Å². The lowest BCUT2D eigenvalue weighted by molar-refractivity contribution is -0.186. The van der Waals surface area contributed by atoms with Crippen LogP contribution in [0.5, 0.6) is 5.75 Å². The molecule has 0 unspecified atom stereocenters. The number of nitrogens with zero attached hydrogens (tertiary/aromatic N) is 1. The lowest BCUT2D eigenvalue weighted by Gasteiger charge is -2.36. The van der Waals surface area contributed by atoms with Crippen molar-refractivity contribution in [2.45, 2.75) is 24.9 Å². The SMILES string of the molecule is CN(C(=O)COc1ccc(F)c(F)c1)[C@@H]1OC[C@H](O)C[C@H]1O. The number of aliphatic hydroxyl groups excluding tert-OH is 2. The second-order valence-electron chi connectivity index (χ2n) is 5.05. The summed E-state index contributed by atoms with van der Waals surface area (Å²) in [6.45, 7) is -0.403. The summed E-state index contributed by atoms with van der Waals surface area (Å²) in [4.78, 5) is 13.1. The Bertz CT molecular complexity index is 542. The van der Waals surface area contributed by atoms with E-state index in [1.165, 1.54) is 13.1 Å². The molecule has 0 aliphatic carbocycles. The summed E-state index contributed by atoms with van der Waals surface area (Å²) in [7, 11) is 1.42. The number of ether oxygens (including phenoxy) is 2. The first-order valence-corrected chi connectivity index (χ1v) is 6.69. The standard InChI is InChI=1S/C14H17F2NO5/c1-17(14-12(19)4-8(18)6-22-14)13(20)7-21-9-2-3-10(15)11(16)5-9/h2-3,5,8,12,14,18-19H,4,6-7H2,1H3/t8-,12-,14-/m1/s1. The van der Waals surface area contributed by atoms with E-state index >= 15 is 0 Å². The third-order valence-corrected chi connectivity index (χ3v) is 3.33. The van der Waals surface area contributed by atoms with Crippen LogP contribution in [0.2, 0.25) is 0 Å². The number of amides is 1. The van der Waals surface area contributed by atoms with Crippen LogP contribution < -0.4 is 4.74 Å². The Morgan fingerprint density at radius 2 is 2.14 bits per heavy atom. The molecule has 0 radical (unpaired) electrons. The molecule has 1 amide bonds. The van der Waals surface area contributed by atoms with Crippen molar-refractivity contribution in [1.82, 2.24) is 4.90 Å². The summed E-state index contributed by atoms with van der Waals surface area (Å²) in [6, 6.07) is 2.94. The van der Waals surface area contributed by atoms with Crippen LogP contribution in [-0.2, 0) is 9.53 Å².